The Morgan fingerprint density at radius 1 is 1.37 bits per heavy atom. The first-order valence-electron chi connectivity index (χ1n) is 9.82. The van der Waals surface area contributed by atoms with Crippen molar-refractivity contribution in [2.24, 2.45) is 0 Å². The number of nitrogens with one attached hydrogen (secondary N) is 2. The van der Waals surface area contributed by atoms with E-state index >= 15 is 0 Å². The van der Waals surface area contributed by atoms with Gasteiger partial charge >= 0.3 is 0 Å². The molecule has 1 amide bonds. The van der Waals surface area contributed by atoms with Crippen LogP contribution in [0.2, 0.25) is 5.02 Å². The lowest BCUT2D eigenvalue weighted by molar-refractivity contribution is 0.00276. The summed E-state index contributed by atoms with van der Waals surface area (Å²) in [5, 5.41) is 2.62. The fourth-order valence-corrected chi connectivity index (χ4v) is 4.06. The first-order chi connectivity index (χ1) is 14.4. The maximum Gasteiger partial charge on any atom is 0.269 e. The quantitative estimate of drug-likeness (QED) is 0.701. The minimum atomic E-state index is -0.639. The average molecular weight is 436 g/mol. The highest BCUT2D eigenvalue weighted by atomic mass is 35.5. The Kier molecular flexibility index (Phi) is 6.03. The molecule has 2 aromatic heterocycles. The number of fused-ring (bicyclic) bond motifs is 1. The first kappa shape index (κ1) is 20.8. The smallest absolute Gasteiger partial charge is 0.269 e. The zero-order chi connectivity index (χ0) is 21.3. The number of piperazine rings is 1. The van der Waals surface area contributed by atoms with E-state index < -0.39 is 11.9 Å². The molecule has 0 spiro atoms. The van der Waals surface area contributed by atoms with Crippen molar-refractivity contribution in [2.45, 2.75) is 19.1 Å². The molecule has 1 unspecified atom stereocenters. The fourth-order valence-electron chi connectivity index (χ4n) is 3.88. The summed E-state index contributed by atoms with van der Waals surface area (Å²) in [5.74, 6) is -1.05. The summed E-state index contributed by atoms with van der Waals surface area (Å²) in [7, 11) is 1.48. The molecule has 4 rings (SSSR count). The number of carbonyl (C=O) groups excluding carboxylic acids is 1. The van der Waals surface area contributed by atoms with Crippen LogP contribution in [0.3, 0.4) is 0 Å². The van der Waals surface area contributed by atoms with Crippen molar-refractivity contribution in [3.05, 3.63) is 56.5 Å². The number of aromatic amines is 1. The molecule has 2 N–H and O–H groups in total. The Labute approximate surface area is 178 Å². The standard InChI is InChI=1S/C20H23ClFN5O3/c1-23-20(29)15-2-3-17(18(22)24-15)27-6-4-26(5-7-27)10-13-9-16-12(11-30-13)8-14(21)19(28)25-16/h2-3,8,13H,4-7,9-11H2,1H3,(H,23,29)(H,25,28). The van der Waals surface area contributed by atoms with Gasteiger partial charge in [-0.3, -0.25) is 14.5 Å². The zero-order valence-corrected chi connectivity index (χ0v) is 17.3. The number of pyridine rings is 2. The molecule has 2 aromatic rings. The van der Waals surface area contributed by atoms with Gasteiger partial charge in [-0.25, -0.2) is 4.98 Å². The molecule has 1 atom stereocenters. The Bertz CT molecular complexity index is 1010. The minimum absolute atomic E-state index is 0.0221. The van der Waals surface area contributed by atoms with E-state index in [0.29, 0.717) is 31.8 Å². The number of nitrogens with zero attached hydrogens (tertiary/aromatic N) is 3. The Balaban J connectivity index is 1.33. The van der Waals surface area contributed by atoms with Crippen LogP contribution in [0.5, 0.6) is 0 Å². The maximum atomic E-state index is 14.4. The lowest BCUT2D eigenvalue weighted by Gasteiger charge is -2.38. The summed E-state index contributed by atoms with van der Waals surface area (Å²) in [6, 6.07) is 4.80. The van der Waals surface area contributed by atoms with Gasteiger partial charge in [-0.1, -0.05) is 11.6 Å². The average Bonchev–Trinajstić information content (AvgIpc) is 2.75. The molecule has 0 aromatic carbocycles. The van der Waals surface area contributed by atoms with Crippen molar-refractivity contribution in [2.75, 3.05) is 44.7 Å². The summed E-state index contributed by atoms with van der Waals surface area (Å²) < 4.78 is 20.3. The molecule has 0 saturated carbocycles. The van der Waals surface area contributed by atoms with E-state index in [-0.39, 0.29) is 22.4 Å². The first-order valence-corrected chi connectivity index (χ1v) is 10.2. The number of rotatable bonds is 4. The summed E-state index contributed by atoms with van der Waals surface area (Å²) in [5.41, 5.74) is 1.99. The van der Waals surface area contributed by atoms with Gasteiger partial charge in [-0.15, -0.1) is 0 Å². The van der Waals surface area contributed by atoms with Gasteiger partial charge in [-0.05, 0) is 23.8 Å². The second kappa shape index (κ2) is 8.71. The third-order valence-electron chi connectivity index (χ3n) is 5.54. The topological polar surface area (TPSA) is 90.6 Å². The lowest BCUT2D eigenvalue weighted by atomic mass is 10.0. The molecule has 10 heteroatoms. The Hall–Kier alpha value is -2.49. The van der Waals surface area contributed by atoms with E-state index in [1.807, 2.05) is 4.90 Å². The van der Waals surface area contributed by atoms with Crippen LogP contribution >= 0.6 is 11.6 Å². The number of hydrogen-bond acceptors (Lipinski definition) is 6. The fraction of sp³-hybridized carbons (Fsp3) is 0.450. The van der Waals surface area contributed by atoms with E-state index in [0.717, 1.165) is 30.9 Å². The van der Waals surface area contributed by atoms with E-state index in [2.05, 4.69) is 20.2 Å². The molecule has 30 heavy (non-hydrogen) atoms. The normalized spacial score (nSPS) is 19.4. The second-order valence-electron chi connectivity index (χ2n) is 7.46. The van der Waals surface area contributed by atoms with Crippen LogP contribution in [0.25, 0.3) is 0 Å². The van der Waals surface area contributed by atoms with Crippen LogP contribution in [0.15, 0.2) is 23.0 Å². The van der Waals surface area contributed by atoms with Gasteiger partial charge in [0.05, 0.1) is 18.4 Å². The van der Waals surface area contributed by atoms with Gasteiger partial charge in [-0.2, -0.15) is 4.39 Å². The van der Waals surface area contributed by atoms with E-state index in [1.165, 1.54) is 13.1 Å². The van der Waals surface area contributed by atoms with Gasteiger partial charge < -0.3 is 19.9 Å². The van der Waals surface area contributed by atoms with Crippen molar-refractivity contribution < 1.29 is 13.9 Å². The molecule has 0 radical (unpaired) electrons. The van der Waals surface area contributed by atoms with Gasteiger partial charge in [0.1, 0.15) is 10.7 Å². The minimum Gasteiger partial charge on any atom is -0.372 e. The molecule has 1 fully saturated rings. The van der Waals surface area contributed by atoms with Gasteiger partial charge in [0.25, 0.3) is 11.5 Å². The number of anilines is 1. The van der Waals surface area contributed by atoms with Gasteiger partial charge in [0.15, 0.2) is 0 Å². The van der Waals surface area contributed by atoms with Crippen molar-refractivity contribution in [1.82, 2.24) is 20.2 Å². The second-order valence-corrected chi connectivity index (χ2v) is 7.87. The molecule has 160 valence electrons. The molecular weight excluding hydrogens is 413 g/mol. The molecule has 2 aliphatic rings. The largest absolute Gasteiger partial charge is 0.372 e. The molecule has 2 aliphatic heterocycles. The number of aromatic nitrogens is 2. The third-order valence-corrected chi connectivity index (χ3v) is 5.82. The summed E-state index contributed by atoms with van der Waals surface area (Å²) in [6.45, 7) is 3.95. The third kappa shape index (κ3) is 4.33. The van der Waals surface area contributed by atoms with Crippen molar-refractivity contribution in [3.63, 3.8) is 0 Å². The Morgan fingerprint density at radius 2 is 2.13 bits per heavy atom. The molecule has 4 heterocycles. The highest BCUT2D eigenvalue weighted by molar-refractivity contribution is 6.30. The highest BCUT2D eigenvalue weighted by Gasteiger charge is 2.26. The predicted octanol–water partition coefficient (Wildman–Crippen LogP) is 1.19. The van der Waals surface area contributed by atoms with Crippen molar-refractivity contribution in [1.29, 1.82) is 0 Å². The molecule has 0 aliphatic carbocycles. The van der Waals surface area contributed by atoms with Crippen LogP contribution in [0, 0.1) is 5.95 Å². The number of halogens is 2. The molecular formula is C20H23ClFN5O3. The summed E-state index contributed by atoms with van der Waals surface area (Å²) in [4.78, 5) is 34.2. The van der Waals surface area contributed by atoms with Crippen molar-refractivity contribution in [3.8, 4) is 0 Å². The van der Waals surface area contributed by atoms with E-state index in [4.69, 9.17) is 16.3 Å². The van der Waals surface area contributed by atoms with Crippen molar-refractivity contribution >= 4 is 23.2 Å². The monoisotopic (exact) mass is 435 g/mol. The maximum absolute atomic E-state index is 14.4. The highest BCUT2D eigenvalue weighted by Crippen LogP contribution is 2.23. The molecule has 1 saturated heterocycles. The predicted molar refractivity (Wildman–Crippen MR) is 111 cm³/mol. The summed E-state index contributed by atoms with van der Waals surface area (Å²) >= 11 is 5.88. The number of H-pyrrole nitrogens is 1. The Morgan fingerprint density at radius 3 is 2.83 bits per heavy atom. The van der Waals surface area contributed by atoms with Crippen LogP contribution in [0.1, 0.15) is 21.7 Å². The van der Waals surface area contributed by atoms with Crippen LogP contribution in [-0.4, -0.2) is 66.7 Å². The molecule has 8 nitrogen and oxygen atoms in total. The number of ether oxygens (including phenoxy) is 1. The van der Waals surface area contributed by atoms with E-state index in [9.17, 15) is 14.0 Å². The SMILES string of the molecule is CNC(=O)c1ccc(N2CCN(CC3Cc4[nH]c(=O)c(Cl)cc4CO3)CC2)c(F)n1. The van der Waals surface area contributed by atoms with Gasteiger partial charge in [0.2, 0.25) is 5.95 Å². The lowest BCUT2D eigenvalue weighted by Crippen LogP contribution is -2.50. The van der Waals surface area contributed by atoms with E-state index in [1.54, 1.807) is 12.1 Å². The summed E-state index contributed by atoms with van der Waals surface area (Å²) in [6.07, 6.45) is 0.604. The van der Waals surface area contributed by atoms with Crippen LogP contribution < -0.4 is 15.8 Å². The zero-order valence-electron chi connectivity index (χ0n) is 16.6. The number of amides is 1. The number of carbonyl (C=O) groups is 1. The van der Waals surface area contributed by atoms with Crippen LogP contribution in [-0.2, 0) is 17.8 Å². The van der Waals surface area contributed by atoms with Gasteiger partial charge in [0, 0.05) is 51.9 Å². The van der Waals surface area contributed by atoms with Crippen LogP contribution in [0.4, 0.5) is 10.1 Å². The number of hydrogen-bond donors (Lipinski definition) is 2. The molecule has 0 bridgehead atoms.